The molecule has 77 heavy (non-hydrogen) atoms. The molecule has 0 unspecified atom stereocenters. The van der Waals surface area contributed by atoms with Gasteiger partial charge in [-0.25, -0.2) is 0 Å². The Bertz CT molecular complexity index is 1330. The average molecular weight is 1080 g/mol. The maximum absolute atomic E-state index is 12.9. The summed E-state index contributed by atoms with van der Waals surface area (Å²) >= 11 is 0. The van der Waals surface area contributed by atoms with Crippen LogP contribution in [0, 0.1) is 0 Å². The second kappa shape index (κ2) is 65.9. The van der Waals surface area contributed by atoms with Crippen LogP contribution in [-0.2, 0) is 28.6 Å². The lowest BCUT2D eigenvalue weighted by molar-refractivity contribution is -0.167. The Morgan fingerprint density at radius 2 is 0.468 bits per heavy atom. The van der Waals surface area contributed by atoms with Crippen LogP contribution in [0.2, 0.25) is 0 Å². The van der Waals surface area contributed by atoms with Crippen molar-refractivity contribution >= 4 is 17.9 Å². The van der Waals surface area contributed by atoms with Crippen LogP contribution < -0.4 is 0 Å². The molecule has 0 bridgehead atoms. The summed E-state index contributed by atoms with van der Waals surface area (Å²) in [6, 6.07) is 0. The van der Waals surface area contributed by atoms with E-state index in [-0.39, 0.29) is 31.1 Å². The third-order valence-electron chi connectivity index (χ3n) is 15.3. The number of esters is 3. The lowest BCUT2D eigenvalue weighted by atomic mass is 10.0. The van der Waals surface area contributed by atoms with E-state index in [9.17, 15) is 14.4 Å². The van der Waals surface area contributed by atoms with Crippen molar-refractivity contribution in [3.05, 3.63) is 48.6 Å². The Labute approximate surface area is 479 Å². The lowest BCUT2D eigenvalue weighted by Crippen LogP contribution is -2.30. The molecule has 450 valence electrons. The van der Waals surface area contributed by atoms with Gasteiger partial charge in [0.2, 0.25) is 0 Å². The van der Waals surface area contributed by atoms with Crippen molar-refractivity contribution in [3.63, 3.8) is 0 Å². The first-order valence-electron chi connectivity index (χ1n) is 34.1. The van der Waals surface area contributed by atoms with Crippen LogP contribution in [-0.4, -0.2) is 37.2 Å². The molecular formula is C71H130O6. The topological polar surface area (TPSA) is 78.9 Å². The number of rotatable bonds is 63. The van der Waals surface area contributed by atoms with Gasteiger partial charge in [-0.3, -0.25) is 14.4 Å². The number of hydrogen-bond acceptors (Lipinski definition) is 6. The molecule has 0 aliphatic rings. The number of carbonyl (C=O) groups is 3. The lowest BCUT2D eigenvalue weighted by Gasteiger charge is -2.18. The highest BCUT2D eigenvalue weighted by atomic mass is 16.6. The normalized spacial score (nSPS) is 12.3. The maximum atomic E-state index is 12.9. The van der Waals surface area contributed by atoms with Crippen LogP contribution in [0.3, 0.4) is 0 Å². The highest BCUT2D eigenvalue weighted by molar-refractivity contribution is 5.71. The molecule has 6 heteroatoms. The monoisotopic (exact) mass is 1080 g/mol. The van der Waals surface area contributed by atoms with Crippen LogP contribution in [0.25, 0.3) is 0 Å². The van der Waals surface area contributed by atoms with E-state index in [4.69, 9.17) is 14.2 Å². The maximum Gasteiger partial charge on any atom is 0.306 e. The molecule has 0 saturated carbocycles. The van der Waals surface area contributed by atoms with Crippen molar-refractivity contribution in [3.8, 4) is 0 Å². The van der Waals surface area contributed by atoms with E-state index in [2.05, 4.69) is 69.4 Å². The van der Waals surface area contributed by atoms with E-state index in [0.717, 1.165) is 83.5 Å². The van der Waals surface area contributed by atoms with Gasteiger partial charge in [0, 0.05) is 19.3 Å². The highest BCUT2D eigenvalue weighted by Gasteiger charge is 2.19. The molecule has 0 saturated heterocycles. The molecule has 0 aliphatic heterocycles. The number of allylic oxidation sites excluding steroid dienone is 8. The quantitative estimate of drug-likeness (QED) is 0.0261. The average Bonchev–Trinajstić information content (AvgIpc) is 3.43. The van der Waals surface area contributed by atoms with E-state index in [1.165, 1.54) is 244 Å². The summed E-state index contributed by atoms with van der Waals surface area (Å²) in [6.45, 7) is 6.66. The van der Waals surface area contributed by atoms with Gasteiger partial charge in [-0.05, 0) is 64.2 Å². The fraction of sp³-hybridized carbons (Fsp3) is 0.845. The van der Waals surface area contributed by atoms with Crippen molar-refractivity contribution in [2.45, 2.75) is 374 Å². The van der Waals surface area contributed by atoms with Crippen molar-refractivity contribution in [1.82, 2.24) is 0 Å². The van der Waals surface area contributed by atoms with Crippen molar-refractivity contribution in [2.75, 3.05) is 13.2 Å². The minimum absolute atomic E-state index is 0.0780. The smallest absolute Gasteiger partial charge is 0.306 e. The van der Waals surface area contributed by atoms with Crippen LogP contribution in [0.1, 0.15) is 367 Å². The van der Waals surface area contributed by atoms with Gasteiger partial charge in [0.05, 0.1) is 0 Å². The molecule has 0 N–H and O–H groups in total. The summed E-state index contributed by atoms with van der Waals surface area (Å²) in [5.41, 5.74) is 0. The molecule has 0 fully saturated rings. The molecule has 0 rings (SSSR count). The SMILES string of the molecule is CCCCC/C=C\C/C=C\C/C=C\C/C=C\CCCCCC(=O)OC[C@H](COC(=O)CCCCCCCCCCCCCCCCCCCCCCC)OC(=O)CCCCCCCCCCCCCCCCCCCCC. The molecule has 0 aliphatic carbocycles. The zero-order chi connectivity index (χ0) is 55.7. The van der Waals surface area contributed by atoms with Crippen molar-refractivity contribution in [1.29, 1.82) is 0 Å². The van der Waals surface area contributed by atoms with E-state index in [0.29, 0.717) is 19.3 Å². The molecule has 0 radical (unpaired) electrons. The minimum atomic E-state index is -0.784. The summed E-state index contributed by atoms with van der Waals surface area (Å²) in [6.07, 6.45) is 82.7. The van der Waals surface area contributed by atoms with Crippen molar-refractivity contribution in [2.24, 2.45) is 0 Å². The molecular weight excluding hydrogens is 949 g/mol. The highest BCUT2D eigenvalue weighted by Crippen LogP contribution is 2.18. The second-order valence-corrected chi connectivity index (χ2v) is 23.1. The Hall–Kier alpha value is -2.63. The number of ether oxygens (including phenoxy) is 3. The predicted octanol–water partition coefficient (Wildman–Crippen LogP) is 23.3. The van der Waals surface area contributed by atoms with E-state index < -0.39 is 6.10 Å². The zero-order valence-electron chi connectivity index (χ0n) is 51.7. The molecule has 0 aromatic heterocycles. The summed E-state index contributed by atoms with van der Waals surface area (Å²) in [5.74, 6) is -0.882. The van der Waals surface area contributed by atoms with Crippen molar-refractivity contribution < 1.29 is 28.6 Å². The van der Waals surface area contributed by atoms with Crippen LogP contribution >= 0.6 is 0 Å². The predicted molar refractivity (Wildman–Crippen MR) is 335 cm³/mol. The Morgan fingerprint density at radius 3 is 0.753 bits per heavy atom. The number of carbonyl (C=O) groups excluding carboxylic acids is 3. The standard InChI is InChI=1S/C71H130O6/c1-4-7-10-13-16-19-22-25-28-31-34-35-38-40-43-46-49-52-55-58-61-64-70(73)76-67-68(77-71(74)65-62-59-56-53-50-47-44-41-37-33-30-27-24-21-18-15-12-9-6-3)66-75-69(72)63-60-57-54-51-48-45-42-39-36-32-29-26-23-20-17-14-11-8-5-2/h17,20,26,29,36,39,45,48,68H,4-16,18-19,21-25,27-28,30-35,37-38,40-44,46-47,49-67H2,1-3H3/b20-17-,29-26-,39-36-,48-45-/t68-/m1/s1. The minimum Gasteiger partial charge on any atom is -0.462 e. The first-order valence-corrected chi connectivity index (χ1v) is 34.1. The molecule has 0 aromatic rings. The third kappa shape index (κ3) is 64.1. The Kier molecular flexibility index (Phi) is 63.6. The Balaban J connectivity index is 4.36. The fourth-order valence-corrected chi connectivity index (χ4v) is 10.2. The number of unbranched alkanes of at least 4 members (excludes halogenated alkanes) is 44. The van der Waals surface area contributed by atoms with Gasteiger partial charge in [0.25, 0.3) is 0 Å². The molecule has 0 heterocycles. The Morgan fingerprint density at radius 1 is 0.260 bits per heavy atom. The van der Waals surface area contributed by atoms with Gasteiger partial charge in [-0.2, -0.15) is 0 Å². The van der Waals surface area contributed by atoms with Gasteiger partial charge < -0.3 is 14.2 Å². The molecule has 0 spiro atoms. The van der Waals surface area contributed by atoms with E-state index in [1.54, 1.807) is 0 Å². The second-order valence-electron chi connectivity index (χ2n) is 23.1. The summed E-state index contributed by atoms with van der Waals surface area (Å²) in [4.78, 5) is 38.4. The fourth-order valence-electron chi connectivity index (χ4n) is 10.2. The summed E-state index contributed by atoms with van der Waals surface area (Å²) < 4.78 is 17.0. The zero-order valence-corrected chi connectivity index (χ0v) is 51.7. The van der Waals surface area contributed by atoms with Gasteiger partial charge in [0.15, 0.2) is 6.10 Å². The van der Waals surface area contributed by atoms with Gasteiger partial charge >= 0.3 is 17.9 Å². The van der Waals surface area contributed by atoms with Crippen LogP contribution in [0.4, 0.5) is 0 Å². The molecule has 6 nitrogen and oxygen atoms in total. The largest absolute Gasteiger partial charge is 0.462 e. The number of hydrogen-bond donors (Lipinski definition) is 0. The first-order chi connectivity index (χ1) is 38.0. The molecule has 0 amide bonds. The summed E-state index contributed by atoms with van der Waals surface area (Å²) in [5, 5.41) is 0. The van der Waals surface area contributed by atoms with Crippen LogP contribution in [0.5, 0.6) is 0 Å². The van der Waals surface area contributed by atoms with Gasteiger partial charge in [0.1, 0.15) is 13.2 Å². The van der Waals surface area contributed by atoms with Gasteiger partial charge in [-0.1, -0.05) is 333 Å². The third-order valence-corrected chi connectivity index (χ3v) is 15.3. The van der Waals surface area contributed by atoms with Gasteiger partial charge in [-0.15, -0.1) is 0 Å². The molecule has 1 atom stereocenters. The summed E-state index contributed by atoms with van der Waals surface area (Å²) in [7, 11) is 0. The molecule has 0 aromatic carbocycles. The van der Waals surface area contributed by atoms with E-state index in [1.807, 2.05) is 0 Å². The van der Waals surface area contributed by atoms with E-state index >= 15 is 0 Å². The van der Waals surface area contributed by atoms with Crippen LogP contribution in [0.15, 0.2) is 48.6 Å². The first kappa shape index (κ1) is 74.4.